The molecule has 0 saturated heterocycles. The highest BCUT2D eigenvalue weighted by Crippen LogP contribution is 2.13. The number of aromatic nitrogens is 2. The first-order valence-electron chi connectivity index (χ1n) is 6.50. The molecule has 0 aliphatic carbocycles. The van der Waals surface area contributed by atoms with E-state index in [9.17, 15) is 4.79 Å². The Balaban J connectivity index is 0.00000220. The molecule has 0 saturated carbocycles. The highest BCUT2D eigenvalue weighted by Gasteiger charge is 2.08. The van der Waals surface area contributed by atoms with E-state index in [1.54, 1.807) is 29.2 Å². The summed E-state index contributed by atoms with van der Waals surface area (Å²) in [5, 5.41) is 10.8. The smallest absolute Gasteiger partial charge is 0.254 e. The van der Waals surface area contributed by atoms with Gasteiger partial charge in [0.25, 0.3) is 5.91 Å². The third-order valence-electron chi connectivity index (χ3n) is 2.77. The summed E-state index contributed by atoms with van der Waals surface area (Å²) in [4.78, 5) is 11.9. The Kier molecular flexibility index (Phi) is 7.22. The minimum Gasteiger partial charge on any atom is -0.351 e. The van der Waals surface area contributed by atoms with E-state index in [1.165, 1.54) is 0 Å². The summed E-state index contributed by atoms with van der Waals surface area (Å²) in [5.74, 6) is -0.122. The molecule has 0 fully saturated rings. The molecule has 21 heavy (non-hydrogen) atoms. The predicted octanol–water partition coefficient (Wildman–Crippen LogP) is 2.29. The van der Waals surface area contributed by atoms with Crippen LogP contribution >= 0.6 is 24.0 Å². The maximum Gasteiger partial charge on any atom is 0.254 e. The number of rotatable bonds is 6. The Morgan fingerprint density at radius 2 is 2.00 bits per heavy atom. The first-order chi connectivity index (χ1) is 9.70. The van der Waals surface area contributed by atoms with Crippen LogP contribution in [0.4, 0.5) is 0 Å². The topological polar surface area (TPSA) is 58.9 Å². The Bertz CT molecular complexity index is 569. The lowest BCUT2D eigenvalue weighted by molar-refractivity contribution is 0.0954. The van der Waals surface area contributed by atoms with E-state index in [2.05, 4.69) is 15.7 Å². The Labute approximate surface area is 135 Å². The van der Waals surface area contributed by atoms with Crippen LogP contribution in [0.1, 0.15) is 17.3 Å². The van der Waals surface area contributed by atoms with E-state index in [0.717, 1.165) is 18.8 Å². The van der Waals surface area contributed by atoms with E-state index in [4.69, 9.17) is 11.6 Å². The quantitative estimate of drug-likeness (QED) is 0.800. The van der Waals surface area contributed by atoms with Crippen LogP contribution < -0.4 is 10.6 Å². The molecule has 7 heteroatoms. The van der Waals surface area contributed by atoms with Crippen molar-refractivity contribution < 1.29 is 4.79 Å². The van der Waals surface area contributed by atoms with Crippen LogP contribution in [0.15, 0.2) is 36.7 Å². The first kappa shape index (κ1) is 17.5. The predicted molar refractivity (Wildman–Crippen MR) is 86.7 cm³/mol. The summed E-state index contributed by atoms with van der Waals surface area (Å²) in [6.07, 6.45) is 3.25. The molecule has 0 atom stereocenters. The van der Waals surface area contributed by atoms with Crippen LogP contribution in [0, 0.1) is 0 Å². The lowest BCUT2D eigenvalue weighted by Crippen LogP contribution is -2.31. The molecule has 114 valence electrons. The molecule has 0 unspecified atom stereocenters. The molecule has 2 rings (SSSR count). The Morgan fingerprint density at radius 1 is 1.29 bits per heavy atom. The van der Waals surface area contributed by atoms with Crippen LogP contribution in [0.25, 0.3) is 5.69 Å². The molecule has 2 aromatic rings. The molecule has 1 aromatic carbocycles. The van der Waals surface area contributed by atoms with E-state index < -0.39 is 0 Å². The second-order valence-corrected chi connectivity index (χ2v) is 4.70. The molecule has 2 N–H and O–H groups in total. The van der Waals surface area contributed by atoms with Crippen molar-refractivity contribution in [1.82, 2.24) is 20.4 Å². The lowest BCUT2D eigenvalue weighted by atomic mass is 10.3. The molecule has 0 bridgehead atoms. The summed E-state index contributed by atoms with van der Waals surface area (Å²) in [7, 11) is 0. The van der Waals surface area contributed by atoms with Gasteiger partial charge in [0.2, 0.25) is 0 Å². The summed E-state index contributed by atoms with van der Waals surface area (Å²) in [6.45, 7) is 4.27. The maximum absolute atomic E-state index is 11.9. The summed E-state index contributed by atoms with van der Waals surface area (Å²) >= 11 is 5.84. The van der Waals surface area contributed by atoms with E-state index >= 15 is 0 Å². The van der Waals surface area contributed by atoms with E-state index in [1.807, 2.05) is 19.1 Å². The standard InChI is InChI=1S/C14H17ClN4O.ClH/c1-2-16-7-8-17-14(20)11-9-18-19(10-11)13-5-3-12(15)4-6-13;/h3-6,9-10,16H,2,7-8H2,1H3,(H,17,20);1H. The van der Waals surface area contributed by atoms with E-state index in [-0.39, 0.29) is 18.3 Å². The van der Waals surface area contributed by atoms with Crippen LogP contribution in [0.2, 0.25) is 5.02 Å². The maximum atomic E-state index is 11.9. The van der Waals surface area contributed by atoms with Crippen molar-refractivity contribution in [3.63, 3.8) is 0 Å². The number of halogens is 2. The largest absolute Gasteiger partial charge is 0.351 e. The average Bonchev–Trinajstić information content (AvgIpc) is 2.94. The molecular formula is C14H18Cl2N4O. The van der Waals surface area contributed by atoms with Crippen molar-refractivity contribution >= 4 is 29.9 Å². The van der Waals surface area contributed by atoms with Crippen LogP contribution in [0.3, 0.4) is 0 Å². The zero-order valence-electron chi connectivity index (χ0n) is 11.7. The van der Waals surface area contributed by atoms with Gasteiger partial charge in [0.05, 0.1) is 17.4 Å². The van der Waals surface area contributed by atoms with Gasteiger partial charge in [0.1, 0.15) is 0 Å². The highest BCUT2D eigenvalue weighted by atomic mass is 35.5. The van der Waals surface area contributed by atoms with Gasteiger partial charge >= 0.3 is 0 Å². The molecule has 0 aliphatic heterocycles. The molecule has 0 radical (unpaired) electrons. The number of nitrogens with one attached hydrogen (secondary N) is 2. The number of nitrogens with zero attached hydrogens (tertiary/aromatic N) is 2. The monoisotopic (exact) mass is 328 g/mol. The lowest BCUT2D eigenvalue weighted by Gasteiger charge is -2.03. The van der Waals surface area contributed by atoms with Gasteiger partial charge in [-0.1, -0.05) is 18.5 Å². The van der Waals surface area contributed by atoms with Crippen molar-refractivity contribution in [3.05, 3.63) is 47.2 Å². The van der Waals surface area contributed by atoms with E-state index in [0.29, 0.717) is 17.1 Å². The van der Waals surface area contributed by atoms with Crippen molar-refractivity contribution in [2.45, 2.75) is 6.92 Å². The van der Waals surface area contributed by atoms with Crippen molar-refractivity contribution in [2.24, 2.45) is 0 Å². The SMILES string of the molecule is CCNCCNC(=O)c1cnn(-c2ccc(Cl)cc2)c1.Cl. The number of carbonyl (C=O) groups is 1. The van der Waals surface area contributed by atoms with Gasteiger partial charge in [-0.25, -0.2) is 4.68 Å². The summed E-state index contributed by atoms with van der Waals surface area (Å²) in [5.41, 5.74) is 1.40. The van der Waals surface area contributed by atoms with Gasteiger partial charge in [-0.15, -0.1) is 12.4 Å². The van der Waals surface area contributed by atoms with Gasteiger partial charge in [0.15, 0.2) is 0 Å². The number of likely N-dealkylation sites (N-methyl/N-ethyl adjacent to an activating group) is 1. The molecule has 0 aliphatic rings. The fraction of sp³-hybridized carbons (Fsp3) is 0.286. The molecule has 1 heterocycles. The minimum atomic E-state index is -0.122. The van der Waals surface area contributed by atoms with Crippen molar-refractivity contribution in [2.75, 3.05) is 19.6 Å². The van der Waals surface area contributed by atoms with Crippen LogP contribution in [0.5, 0.6) is 0 Å². The summed E-state index contributed by atoms with van der Waals surface area (Å²) < 4.78 is 1.65. The first-order valence-corrected chi connectivity index (χ1v) is 6.88. The zero-order chi connectivity index (χ0) is 14.4. The zero-order valence-corrected chi connectivity index (χ0v) is 13.2. The number of benzene rings is 1. The van der Waals surface area contributed by atoms with Gasteiger partial charge in [-0.2, -0.15) is 5.10 Å². The van der Waals surface area contributed by atoms with Crippen molar-refractivity contribution in [3.8, 4) is 5.69 Å². The second-order valence-electron chi connectivity index (χ2n) is 4.26. The number of hydrogen-bond donors (Lipinski definition) is 2. The molecule has 0 spiro atoms. The Morgan fingerprint density at radius 3 is 2.67 bits per heavy atom. The van der Waals surface area contributed by atoms with Crippen LogP contribution in [-0.2, 0) is 0 Å². The fourth-order valence-electron chi connectivity index (χ4n) is 1.72. The van der Waals surface area contributed by atoms with Crippen LogP contribution in [-0.4, -0.2) is 35.3 Å². The second kappa shape index (κ2) is 8.67. The van der Waals surface area contributed by atoms with Crippen molar-refractivity contribution in [1.29, 1.82) is 0 Å². The molecular weight excluding hydrogens is 311 g/mol. The molecule has 5 nitrogen and oxygen atoms in total. The summed E-state index contributed by atoms with van der Waals surface area (Å²) in [6, 6.07) is 7.27. The van der Waals surface area contributed by atoms with Gasteiger partial charge in [-0.05, 0) is 30.8 Å². The van der Waals surface area contributed by atoms with Gasteiger partial charge < -0.3 is 10.6 Å². The molecule has 1 amide bonds. The number of hydrogen-bond acceptors (Lipinski definition) is 3. The molecule has 1 aromatic heterocycles. The average molecular weight is 329 g/mol. The number of carbonyl (C=O) groups excluding carboxylic acids is 1. The third kappa shape index (κ3) is 5.04. The normalized spacial score (nSPS) is 10.0. The highest BCUT2D eigenvalue weighted by molar-refractivity contribution is 6.30. The third-order valence-corrected chi connectivity index (χ3v) is 3.03. The Hall–Kier alpha value is -1.56. The minimum absolute atomic E-state index is 0. The fourth-order valence-corrected chi connectivity index (χ4v) is 1.84. The van der Waals surface area contributed by atoms with Gasteiger partial charge in [0, 0.05) is 24.3 Å². The number of amides is 1. The van der Waals surface area contributed by atoms with Gasteiger partial charge in [-0.3, -0.25) is 4.79 Å².